The van der Waals surface area contributed by atoms with Gasteiger partial charge >= 0.3 is 0 Å². The molecule has 1 aromatic heterocycles. The Kier molecular flexibility index (Phi) is 10.6. The van der Waals surface area contributed by atoms with E-state index in [-0.39, 0.29) is 24.0 Å². The van der Waals surface area contributed by atoms with Gasteiger partial charge in [0.25, 0.3) is 0 Å². The first-order valence-corrected chi connectivity index (χ1v) is 12.4. The Morgan fingerprint density at radius 1 is 1.06 bits per heavy atom. The van der Waals surface area contributed by atoms with Crippen molar-refractivity contribution in [3.63, 3.8) is 0 Å². The van der Waals surface area contributed by atoms with Crippen molar-refractivity contribution in [1.29, 1.82) is 0 Å². The Morgan fingerprint density at radius 2 is 1.84 bits per heavy atom. The van der Waals surface area contributed by atoms with Crippen LogP contribution in [0.1, 0.15) is 36.2 Å². The van der Waals surface area contributed by atoms with Crippen LogP contribution < -0.4 is 15.5 Å². The van der Waals surface area contributed by atoms with Gasteiger partial charge in [0, 0.05) is 36.7 Å². The van der Waals surface area contributed by atoms with E-state index in [0.717, 1.165) is 45.4 Å². The number of benzene rings is 1. The van der Waals surface area contributed by atoms with Gasteiger partial charge < -0.3 is 20.3 Å². The second-order valence-electron chi connectivity index (χ2n) is 8.08. The van der Waals surface area contributed by atoms with Gasteiger partial charge in [0.2, 0.25) is 0 Å². The van der Waals surface area contributed by atoms with Gasteiger partial charge in [-0.1, -0.05) is 24.3 Å². The number of anilines is 1. The van der Waals surface area contributed by atoms with Crippen LogP contribution >= 0.6 is 35.3 Å². The number of ether oxygens (including phenoxy) is 1. The van der Waals surface area contributed by atoms with E-state index >= 15 is 0 Å². The molecule has 0 aliphatic carbocycles. The van der Waals surface area contributed by atoms with Crippen molar-refractivity contribution in [3.05, 3.63) is 52.2 Å². The van der Waals surface area contributed by atoms with Crippen LogP contribution in [0.5, 0.6) is 0 Å². The average Bonchev–Trinajstić information content (AvgIpc) is 3.54. The molecule has 1 unspecified atom stereocenters. The molecular formula is C24H36IN5OS. The van der Waals surface area contributed by atoms with Gasteiger partial charge in [0.15, 0.2) is 5.96 Å². The SMILES string of the molecule is CCNC(=NCc1ccccc1N1CCOCC1)NCC(c1cccs1)N1CCCC1.I. The fourth-order valence-electron chi connectivity index (χ4n) is 4.40. The summed E-state index contributed by atoms with van der Waals surface area (Å²) in [4.78, 5) is 11.4. The quantitative estimate of drug-likeness (QED) is 0.285. The van der Waals surface area contributed by atoms with Gasteiger partial charge in [0.05, 0.1) is 25.8 Å². The Morgan fingerprint density at radius 3 is 2.56 bits per heavy atom. The summed E-state index contributed by atoms with van der Waals surface area (Å²) in [7, 11) is 0. The molecule has 6 nitrogen and oxygen atoms in total. The number of halogens is 1. The van der Waals surface area contributed by atoms with Gasteiger partial charge in [-0.3, -0.25) is 4.90 Å². The summed E-state index contributed by atoms with van der Waals surface area (Å²) >= 11 is 1.85. The zero-order valence-corrected chi connectivity index (χ0v) is 22.1. The summed E-state index contributed by atoms with van der Waals surface area (Å²) in [5.74, 6) is 0.889. The van der Waals surface area contributed by atoms with Crippen LogP contribution in [0.3, 0.4) is 0 Å². The van der Waals surface area contributed by atoms with E-state index in [0.29, 0.717) is 12.6 Å². The normalized spacial score (nSPS) is 18.3. The van der Waals surface area contributed by atoms with E-state index in [1.54, 1.807) is 0 Å². The molecule has 32 heavy (non-hydrogen) atoms. The largest absolute Gasteiger partial charge is 0.378 e. The zero-order valence-electron chi connectivity index (χ0n) is 19.0. The van der Waals surface area contributed by atoms with Gasteiger partial charge in [0.1, 0.15) is 0 Å². The lowest BCUT2D eigenvalue weighted by Gasteiger charge is -2.30. The van der Waals surface area contributed by atoms with Gasteiger partial charge in [-0.25, -0.2) is 4.99 Å². The lowest BCUT2D eigenvalue weighted by molar-refractivity contribution is 0.122. The fourth-order valence-corrected chi connectivity index (χ4v) is 5.26. The van der Waals surface area contributed by atoms with Gasteiger partial charge in [-0.2, -0.15) is 0 Å². The van der Waals surface area contributed by atoms with E-state index in [1.807, 2.05) is 11.3 Å². The van der Waals surface area contributed by atoms with Crippen molar-refractivity contribution < 1.29 is 4.74 Å². The Bertz CT molecular complexity index is 820. The monoisotopic (exact) mass is 569 g/mol. The maximum atomic E-state index is 5.53. The van der Waals surface area contributed by atoms with Crippen molar-refractivity contribution >= 4 is 47.0 Å². The van der Waals surface area contributed by atoms with E-state index in [9.17, 15) is 0 Å². The molecule has 2 saturated heterocycles. The third-order valence-electron chi connectivity index (χ3n) is 6.01. The third-order valence-corrected chi connectivity index (χ3v) is 6.98. The molecule has 0 amide bonds. The Hall–Kier alpha value is -1.36. The summed E-state index contributed by atoms with van der Waals surface area (Å²) < 4.78 is 5.53. The maximum Gasteiger partial charge on any atom is 0.191 e. The molecule has 2 aliphatic rings. The molecule has 0 saturated carbocycles. The second kappa shape index (κ2) is 13.4. The minimum Gasteiger partial charge on any atom is -0.378 e. The molecule has 4 rings (SSSR count). The number of rotatable bonds is 8. The van der Waals surface area contributed by atoms with E-state index in [1.165, 1.54) is 42.1 Å². The predicted molar refractivity (Wildman–Crippen MR) is 146 cm³/mol. The minimum atomic E-state index is 0. The van der Waals surface area contributed by atoms with Crippen LogP contribution in [0.15, 0.2) is 46.8 Å². The fraction of sp³-hybridized carbons (Fsp3) is 0.542. The molecule has 0 radical (unpaired) electrons. The van der Waals surface area contributed by atoms with Gasteiger partial charge in [-0.15, -0.1) is 35.3 Å². The summed E-state index contributed by atoms with van der Waals surface area (Å²) in [6, 6.07) is 13.4. The third kappa shape index (κ3) is 6.82. The smallest absolute Gasteiger partial charge is 0.191 e. The van der Waals surface area contributed by atoms with E-state index in [2.05, 4.69) is 69.1 Å². The summed E-state index contributed by atoms with van der Waals surface area (Å²) in [6.45, 7) is 10.4. The highest BCUT2D eigenvalue weighted by Gasteiger charge is 2.24. The number of aliphatic imine (C=N–C) groups is 1. The molecule has 1 atom stereocenters. The molecule has 176 valence electrons. The van der Waals surface area contributed by atoms with Crippen LogP contribution in [0.25, 0.3) is 0 Å². The topological polar surface area (TPSA) is 52.1 Å². The highest BCUT2D eigenvalue weighted by atomic mass is 127. The predicted octanol–water partition coefficient (Wildman–Crippen LogP) is 4.09. The van der Waals surface area contributed by atoms with Crippen molar-refractivity contribution in [1.82, 2.24) is 15.5 Å². The lowest BCUT2D eigenvalue weighted by atomic mass is 10.1. The first-order valence-electron chi connectivity index (χ1n) is 11.6. The molecule has 2 N–H and O–H groups in total. The minimum absolute atomic E-state index is 0. The van der Waals surface area contributed by atoms with Crippen molar-refractivity contribution in [3.8, 4) is 0 Å². The van der Waals surface area contributed by atoms with Crippen molar-refractivity contribution in [2.45, 2.75) is 32.4 Å². The molecular weight excluding hydrogens is 533 g/mol. The Balaban J connectivity index is 0.00000289. The molecule has 2 fully saturated rings. The highest BCUT2D eigenvalue weighted by Crippen LogP contribution is 2.28. The van der Waals surface area contributed by atoms with Crippen LogP contribution in [0, 0.1) is 0 Å². The van der Waals surface area contributed by atoms with Crippen molar-refractivity contribution in [2.75, 3.05) is 57.4 Å². The second-order valence-corrected chi connectivity index (χ2v) is 9.06. The maximum absolute atomic E-state index is 5.53. The number of likely N-dealkylation sites (tertiary alicyclic amines) is 1. The summed E-state index contributed by atoms with van der Waals surface area (Å²) in [6.07, 6.45) is 2.60. The molecule has 0 spiro atoms. The van der Waals surface area contributed by atoms with Crippen LogP contribution in [-0.2, 0) is 11.3 Å². The number of nitrogens with zero attached hydrogens (tertiary/aromatic N) is 3. The zero-order chi connectivity index (χ0) is 21.3. The number of nitrogens with one attached hydrogen (secondary N) is 2. The van der Waals surface area contributed by atoms with E-state index < -0.39 is 0 Å². The average molecular weight is 570 g/mol. The molecule has 2 aliphatic heterocycles. The van der Waals surface area contributed by atoms with Gasteiger partial charge in [-0.05, 0) is 55.9 Å². The first-order chi connectivity index (χ1) is 15.3. The number of guanidine groups is 1. The standard InChI is InChI=1S/C24H35N5OS.HI/c1-2-25-24(27-19-22(23-10-7-17-31-23)28-11-5-6-12-28)26-18-20-8-3-4-9-21(20)29-13-15-30-16-14-29;/h3-4,7-10,17,22H,2,5-6,11-16,18-19H2,1H3,(H2,25,26,27);1H. The van der Waals surface area contributed by atoms with Crippen molar-refractivity contribution in [2.24, 2.45) is 4.99 Å². The van der Waals surface area contributed by atoms with Crippen LogP contribution in [0.4, 0.5) is 5.69 Å². The number of hydrogen-bond donors (Lipinski definition) is 2. The Labute approximate surface area is 213 Å². The molecule has 0 bridgehead atoms. The molecule has 8 heteroatoms. The van der Waals surface area contributed by atoms with Crippen LogP contribution in [-0.4, -0.2) is 63.3 Å². The molecule has 3 heterocycles. The number of morpholine rings is 1. The summed E-state index contributed by atoms with van der Waals surface area (Å²) in [5.41, 5.74) is 2.54. The lowest BCUT2D eigenvalue weighted by Crippen LogP contribution is -2.42. The van der Waals surface area contributed by atoms with E-state index in [4.69, 9.17) is 9.73 Å². The molecule has 1 aromatic carbocycles. The number of thiophene rings is 1. The highest BCUT2D eigenvalue weighted by molar-refractivity contribution is 14.0. The summed E-state index contributed by atoms with van der Waals surface area (Å²) in [5, 5.41) is 9.24. The first kappa shape index (κ1) is 25.3. The molecule has 2 aromatic rings. The number of para-hydroxylation sites is 1. The van der Waals surface area contributed by atoms with Crippen LogP contribution in [0.2, 0.25) is 0 Å². The number of hydrogen-bond acceptors (Lipinski definition) is 5.